The molecule has 7 heteroatoms. The lowest BCUT2D eigenvalue weighted by Gasteiger charge is -2.10. The third-order valence-corrected chi connectivity index (χ3v) is 4.07. The maximum absolute atomic E-state index is 13.5. The van der Waals surface area contributed by atoms with Crippen LogP contribution in [0.15, 0.2) is 45.6 Å². The van der Waals surface area contributed by atoms with Crippen LogP contribution >= 0.6 is 20.8 Å². The number of benzene rings is 2. The van der Waals surface area contributed by atoms with Gasteiger partial charge in [0.25, 0.3) is 0 Å². The van der Waals surface area contributed by atoms with Crippen molar-refractivity contribution in [3.05, 3.63) is 63.0 Å². The van der Waals surface area contributed by atoms with E-state index in [1.807, 2.05) is 0 Å². The Labute approximate surface area is 136 Å². The van der Waals surface area contributed by atoms with Crippen LogP contribution in [-0.4, -0.2) is 11.1 Å². The highest BCUT2D eigenvalue weighted by Gasteiger charge is 2.23. The summed E-state index contributed by atoms with van der Waals surface area (Å²) in [4.78, 5) is 24.0. The lowest BCUT2D eigenvalue weighted by molar-refractivity contribution is 0.0694. The van der Waals surface area contributed by atoms with Gasteiger partial charge in [-0.1, -0.05) is 17.7 Å². The highest BCUT2D eigenvalue weighted by molar-refractivity contribution is 7.28. The summed E-state index contributed by atoms with van der Waals surface area (Å²) in [5.74, 6) is -2.22. The second kappa shape index (κ2) is 5.76. The van der Waals surface area contributed by atoms with Gasteiger partial charge in [0.15, 0.2) is 11.3 Å². The lowest BCUT2D eigenvalue weighted by Crippen LogP contribution is -2.17. The molecule has 0 bridgehead atoms. The Morgan fingerprint density at radius 2 is 1.96 bits per heavy atom. The monoisotopic (exact) mass is 350 g/mol. The SMILES string of the molecule is O=C(O)c1c(-c2cc(F)ccc2P)oc2cc(Cl)ccc2c1=O. The second-order valence-corrected chi connectivity index (χ2v) is 5.87. The molecule has 1 unspecified atom stereocenters. The van der Waals surface area contributed by atoms with Gasteiger partial charge in [-0.2, -0.15) is 0 Å². The van der Waals surface area contributed by atoms with Crippen LogP contribution in [0.2, 0.25) is 5.02 Å². The molecule has 23 heavy (non-hydrogen) atoms. The van der Waals surface area contributed by atoms with Crippen molar-refractivity contribution in [2.75, 3.05) is 0 Å². The Bertz CT molecular complexity index is 1010. The summed E-state index contributed by atoms with van der Waals surface area (Å²) in [6.45, 7) is 0. The number of rotatable bonds is 2. The minimum absolute atomic E-state index is 0.0947. The molecule has 0 saturated carbocycles. The van der Waals surface area contributed by atoms with E-state index in [1.54, 1.807) is 0 Å². The van der Waals surface area contributed by atoms with Gasteiger partial charge in [0.1, 0.15) is 11.4 Å². The van der Waals surface area contributed by atoms with Gasteiger partial charge in [0.05, 0.1) is 5.39 Å². The predicted molar refractivity (Wildman–Crippen MR) is 89.2 cm³/mol. The summed E-state index contributed by atoms with van der Waals surface area (Å²) in [7, 11) is 2.35. The van der Waals surface area contributed by atoms with Gasteiger partial charge in [0.2, 0.25) is 5.43 Å². The van der Waals surface area contributed by atoms with E-state index in [0.717, 1.165) is 6.07 Å². The van der Waals surface area contributed by atoms with Crippen LogP contribution in [0.5, 0.6) is 0 Å². The molecule has 3 rings (SSSR count). The van der Waals surface area contributed by atoms with Gasteiger partial charge < -0.3 is 9.52 Å². The number of carboxylic acids is 1. The fourth-order valence-corrected chi connectivity index (χ4v) is 2.75. The maximum Gasteiger partial charge on any atom is 0.343 e. The molecule has 1 N–H and O–H groups in total. The molecule has 2 aromatic carbocycles. The van der Waals surface area contributed by atoms with E-state index >= 15 is 0 Å². The zero-order chi connectivity index (χ0) is 16.7. The van der Waals surface area contributed by atoms with Crippen LogP contribution in [-0.2, 0) is 0 Å². The Morgan fingerprint density at radius 3 is 2.65 bits per heavy atom. The van der Waals surface area contributed by atoms with E-state index < -0.39 is 22.8 Å². The number of carboxylic acid groups (broad SMARTS) is 1. The molecule has 0 aliphatic rings. The number of carbonyl (C=O) groups is 1. The number of halogens is 2. The van der Waals surface area contributed by atoms with Gasteiger partial charge >= 0.3 is 5.97 Å². The molecular weight excluding hydrogens is 342 g/mol. The Kier molecular flexibility index (Phi) is 3.92. The van der Waals surface area contributed by atoms with Crippen LogP contribution < -0.4 is 10.7 Å². The first-order valence-electron chi connectivity index (χ1n) is 6.43. The van der Waals surface area contributed by atoms with Gasteiger partial charge in [0, 0.05) is 16.7 Å². The van der Waals surface area contributed by atoms with E-state index in [1.165, 1.54) is 30.3 Å². The summed E-state index contributed by atoms with van der Waals surface area (Å²) in [6.07, 6.45) is 0. The van der Waals surface area contributed by atoms with Crippen LogP contribution in [0.1, 0.15) is 10.4 Å². The van der Waals surface area contributed by atoms with Crippen molar-refractivity contribution in [3.63, 3.8) is 0 Å². The van der Waals surface area contributed by atoms with E-state index in [4.69, 9.17) is 16.0 Å². The summed E-state index contributed by atoms with van der Waals surface area (Å²) >= 11 is 5.89. The normalized spacial score (nSPS) is 10.9. The van der Waals surface area contributed by atoms with Crippen molar-refractivity contribution in [1.82, 2.24) is 0 Å². The zero-order valence-electron chi connectivity index (χ0n) is 11.5. The molecule has 0 spiro atoms. The average molecular weight is 351 g/mol. The number of hydrogen-bond donors (Lipinski definition) is 1. The highest BCUT2D eigenvalue weighted by atomic mass is 35.5. The largest absolute Gasteiger partial charge is 0.477 e. The van der Waals surface area contributed by atoms with Crippen LogP contribution in [0.4, 0.5) is 4.39 Å². The minimum atomic E-state index is -1.45. The summed E-state index contributed by atoms with van der Waals surface area (Å²) in [5.41, 5.74) is -0.948. The number of aromatic carboxylic acids is 1. The van der Waals surface area contributed by atoms with Crippen molar-refractivity contribution in [2.24, 2.45) is 0 Å². The molecule has 1 heterocycles. The fraction of sp³-hybridized carbons (Fsp3) is 0. The molecule has 1 aromatic heterocycles. The Balaban J connectivity index is 2.48. The van der Waals surface area contributed by atoms with Crippen LogP contribution in [0.25, 0.3) is 22.3 Å². The average Bonchev–Trinajstić information content (AvgIpc) is 2.48. The molecule has 3 aromatic rings. The summed E-state index contributed by atoms with van der Waals surface area (Å²) in [6, 6.07) is 8.06. The first kappa shape index (κ1) is 15.7. The predicted octanol–water partition coefficient (Wildman–Crippen LogP) is 3.45. The third kappa shape index (κ3) is 2.74. The molecule has 116 valence electrons. The second-order valence-electron chi connectivity index (χ2n) is 4.81. The lowest BCUT2D eigenvalue weighted by atomic mass is 10.0. The van der Waals surface area contributed by atoms with Gasteiger partial charge in [-0.25, -0.2) is 9.18 Å². The Morgan fingerprint density at radius 1 is 1.22 bits per heavy atom. The van der Waals surface area contributed by atoms with E-state index in [9.17, 15) is 19.1 Å². The number of hydrogen-bond acceptors (Lipinski definition) is 3. The molecule has 0 saturated heterocycles. The molecule has 4 nitrogen and oxygen atoms in total. The first-order chi connectivity index (χ1) is 10.9. The van der Waals surface area contributed by atoms with Crippen molar-refractivity contribution in [3.8, 4) is 11.3 Å². The molecule has 0 aliphatic heterocycles. The maximum atomic E-state index is 13.5. The molecule has 0 aliphatic carbocycles. The van der Waals surface area contributed by atoms with Crippen molar-refractivity contribution in [1.29, 1.82) is 0 Å². The summed E-state index contributed by atoms with van der Waals surface area (Å²) < 4.78 is 19.1. The molecule has 0 fully saturated rings. The smallest absolute Gasteiger partial charge is 0.343 e. The van der Waals surface area contributed by atoms with E-state index in [-0.39, 0.29) is 22.3 Å². The van der Waals surface area contributed by atoms with E-state index in [0.29, 0.717) is 10.3 Å². The highest BCUT2D eigenvalue weighted by Crippen LogP contribution is 2.28. The quantitative estimate of drug-likeness (QED) is 0.719. The van der Waals surface area contributed by atoms with Crippen molar-refractivity contribution >= 4 is 43.1 Å². The standard InChI is InChI=1S/C16H9ClFO4P/c17-7-1-3-9-11(5-7)22-15(13(14(9)19)16(20)21)10-6-8(18)2-4-12(10)23/h1-6H,23H2,(H,20,21). The zero-order valence-corrected chi connectivity index (χ0v) is 13.4. The van der Waals surface area contributed by atoms with Gasteiger partial charge in [-0.05, 0) is 29.6 Å². The van der Waals surface area contributed by atoms with Crippen molar-refractivity contribution < 1.29 is 18.7 Å². The molecule has 0 radical (unpaired) electrons. The van der Waals surface area contributed by atoms with Crippen LogP contribution in [0.3, 0.4) is 0 Å². The topological polar surface area (TPSA) is 67.5 Å². The van der Waals surface area contributed by atoms with E-state index in [2.05, 4.69) is 9.24 Å². The van der Waals surface area contributed by atoms with Gasteiger partial charge in [-0.15, -0.1) is 9.24 Å². The third-order valence-electron chi connectivity index (χ3n) is 3.33. The first-order valence-corrected chi connectivity index (χ1v) is 7.39. The van der Waals surface area contributed by atoms with Gasteiger partial charge in [-0.3, -0.25) is 4.79 Å². The van der Waals surface area contributed by atoms with Crippen molar-refractivity contribution in [2.45, 2.75) is 0 Å². The molecule has 0 amide bonds. The molecular formula is C16H9ClFO4P. The minimum Gasteiger partial charge on any atom is -0.477 e. The van der Waals surface area contributed by atoms with Crippen LogP contribution in [0, 0.1) is 5.82 Å². The summed E-state index contributed by atoms with van der Waals surface area (Å²) in [5, 5.41) is 10.3. The molecule has 1 atom stereocenters. The Hall–Kier alpha value is -2.23. The number of fused-ring (bicyclic) bond motifs is 1. The fourth-order valence-electron chi connectivity index (χ4n) is 2.28.